The van der Waals surface area contributed by atoms with Crippen molar-refractivity contribution in [2.75, 3.05) is 27.2 Å². The third-order valence-corrected chi connectivity index (χ3v) is 2.60. The van der Waals surface area contributed by atoms with E-state index in [1.165, 1.54) is 13.0 Å². The standard InChI is InChI=1S/C10H24N2/c1-9(2)10(3)12(5)8-6-7-11-4/h9-11H,6-8H2,1-5H3. The second kappa shape index (κ2) is 6.44. The summed E-state index contributed by atoms with van der Waals surface area (Å²) in [5, 5.41) is 3.16. The normalized spacial score (nSPS) is 14.2. The molecular formula is C10H24N2. The Bertz CT molecular complexity index is 102. The van der Waals surface area contributed by atoms with Gasteiger partial charge in [0.25, 0.3) is 0 Å². The fourth-order valence-corrected chi connectivity index (χ4v) is 1.22. The van der Waals surface area contributed by atoms with Gasteiger partial charge in [-0.2, -0.15) is 0 Å². The molecular weight excluding hydrogens is 148 g/mol. The van der Waals surface area contributed by atoms with E-state index in [0.717, 1.165) is 12.5 Å². The van der Waals surface area contributed by atoms with E-state index in [-0.39, 0.29) is 0 Å². The molecule has 0 saturated carbocycles. The highest BCUT2D eigenvalue weighted by Crippen LogP contribution is 2.07. The molecule has 0 spiro atoms. The molecule has 0 aliphatic carbocycles. The molecule has 0 aliphatic heterocycles. The van der Waals surface area contributed by atoms with Crippen molar-refractivity contribution >= 4 is 0 Å². The van der Waals surface area contributed by atoms with Crippen molar-refractivity contribution in [3.8, 4) is 0 Å². The lowest BCUT2D eigenvalue weighted by Gasteiger charge is -2.27. The van der Waals surface area contributed by atoms with Crippen LogP contribution in [-0.4, -0.2) is 38.1 Å². The molecule has 0 aromatic heterocycles. The lowest BCUT2D eigenvalue weighted by molar-refractivity contribution is 0.206. The van der Waals surface area contributed by atoms with Crippen LogP contribution in [0.2, 0.25) is 0 Å². The maximum absolute atomic E-state index is 3.16. The molecule has 1 unspecified atom stereocenters. The molecule has 2 heteroatoms. The van der Waals surface area contributed by atoms with E-state index in [0.29, 0.717) is 6.04 Å². The van der Waals surface area contributed by atoms with Gasteiger partial charge in [0, 0.05) is 6.04 Å². The summed E-state index contributed by atoms with van der Waals surface area (Å²) in [7, 11) is 4.21. The van der Waals surface area contributed by atoms with E-state index in [1.54, 1.807) is 0 Å². The predicted octanol–water partition coefficient (Wildman–Crippen LogP) is 1.57. The van der Waals surface area contributed by atoms with E-state index in [1.807, 2.05) is 7.05 Å². The average Bonchev–Trinajstić information content (AvgIpc) is 2.03. The highest BCUT2D eigenvalue weighted by Gasteiger charge is 2.11. The van der Waals surface area contributed by atoms with Crippen molar-refractivity contribution in [1.82, 2.24) is 10.2 Å². The second-order valence-electron chi connectivity index (χ2n) is 3.92. The number of hydrogen-bond donors (Lipinski definition) is 1. The van der Waals surface area contributed by atoms with Gasteiger partial charge in [-0.1, -0.05) is 13.8 Å². The molecule has 1 atom stereocenters. The van der Waals surface area contributed by atoms with Gasteiger partial charge in [-0.25, -0.2) is 0 Å². The van der Waals surface area contributed by atoms with E-state index in [4.69, 9.17) is 0 Å². The fourth-order valence-electron chi connectivity index (χ4n) is 1.22. The molecule has 0 radical (unpaired) electrons. The Hall–Kier alpha value is -0.0800. The van der Waals surface area contributed by atoms with Gasteiger partial charge in [0.05, 0.1) is 0 Å². The van der Waals surface area contributed by atoms with E-state index in [2.05, 4.69) is 38.0 Å². The molecule has 0 aliphatic rings. The molecule has 1 N–H and O–H groups in total. The largest absolute Gasteiger partial charge is 0.320 e. The van der Waals surface area contributed by atoms with Gasteiger partial charge in [0.1, 0.15) is 0 Å². The first kappa shape index (κ1) is 11.9. The van der Waals surface area contributed by atoms with Crippen LogP contribution in [-0.2, 0) is 0 Å². The van der Waals surface area contributed by atoms with Gasteiger partial charge in [-0.05, 0) is 46.4 Å². The van der Waals surface area contributed by atoms with E-state index < -0.39 is 0 Å². The molecule has 0 saturated heterocycles. The van der Waals surface area contributed by atoms with Crippen LogP contribution in [0.1, 0.15) is 27.2 Å². The third-order valence-electron chi connectivity index (χ3n) is 2.60. The summed E-state index contributed by atoms with van der Waals surface area (Å²) < 4.78 is 0. The van der Waals surface area contributed by atoms with Crippen molar-refractivity contribution in [2.24, 2.45) is 5.92 Å². The topological polar surface area (TPSA) is 15.3 Å². The Morgan fingerprint density at radius 3 is 2.25 bits per heavy atom. The maximum Gasteiger partial charge on any atom is 0.00868 e. The zero-order chi connectivity index (χ0) is 9.56. The first-order valence-electron chi connectivity index (χ1n) is 4.94. The Morgan fingerprint density at radius 2 is 1.83 bits per heavy atom. The quantitative estimate of drug-likeness (QED) is 0.612. The van der Waals surface area contributed by atoms with E-state index in [9.17, 15) is 0 Å². The minimum Gasteiger partial charge on any atom is -0.320 e. The smallest absolute Gasteiger partial charge is 0.00868 e. The van der Waals surface area contributed by atoms with Crippen molar-refractivity contribution in [3.63, 3.8) is 0 Å². The molecule has 0 aromatic rings. The number of nitrogens with one attached hydrogen (secondary N) is 1. The lowest BCUT2D eigenvalue weighted by atomic mass is 10.1. The maximum atomic E-state index is 3.16. The minimum atomic E-state index is 0.696. The Labute approximate surface area is 77.3 Å². The zero-order valence-corrected chi connectivity index (χ0v) is 9.22. The summed E-state index contributed by atoms with van der Waals surface area (Å²) in [5.41, 5.74) is 0. The summed E-state index contributed by atoms with van der Waals surface area (Å²) in [6.07, 6.45) is 1.24. The van der Waals surface area contributed by atoms with Crippen molar-refractivity contribution < 1.29 is 0 Å². The Kier molecular flexibility index (Phi) is 6.39. The Balaban J connectivity index is 3.49. The van der Waals surface area contributed by atoms with Crippen molar-refractivity contribution in [1.29, 1.82) is 0 Å². The summed E-state index contributed by atoms with van der Waals surface area (Å²) in [4.78, 5) is 2.43. The first-order chi connectivity index (χ1) is 5.59. The summed E-state index contributed by atoms with van der Waals surface area (Å²) in [6, 6.07) is 0.696. The van der Waals surface area contributed by atoms with Crippen LogP contribution >= 0.6 is 0 Å². The lowest BCUT2D eigenvalue weighted by Crippen LogP contribution is -2.34. The van der Waals surface area contributed by atoms with Gasteiger partial charge in [0.2, 0.25) is 0 Å². The van der Waals surface area contributed by atoms with Crippen LogP contribution < -0.4 is 5.32 Å². The predicted molar refractivity (Wildman–Crippen MR) is 55.5 cm³/mol. The molecule has 0 bridgehead atoms. The molecule has 0 heterocycles. The molecule has 2 nitrogen and oxygen atoms in total. The van der Waals surface area contributed by atoms with E-state index >= 15 is 0 Å². The molecule has 12 heavy (non-hydrogen) atoms. The highest BCUT2D eigenvalue weighted by molar-refractivity contribution is 4.66. The van der Waals surface area contributed by atoms with Gasteiger partial charge in [-0.3, -0.25) is 0 Å². The number of hydrogen-bond acceptors (Lipinski definition) is 2. The molecule has 0 amide bonds. The summed E-state index contributed by atoms with van der Waals surface area (Å²) in [5.74, 6) is 0.754. The van der Waals surface area contributed by atoms with Crippen LogP contribution in [0.15, 0.2) is 0 Å². The zero-order valence-electron chi connectivity index (χ0n) is 9.22. The van der Waals surface area contributed by atoms with Crippen LogP contribution in [0.5, 0.6) is 0 Å². The summed E-state index contributed by atoms with van der Waals surface area (Å²) in [6.45, 7) is 9.16. The van der Waals surface area contributed by atoms with Crippen molar-refractivity contribution in [3.05, 3.63) is 0 Å². The van der Waals surface area contributed by atoms with Gasteiger partial charge >= 0.3 is 0 Å². The first-order valence-corrected chi connectivity index (χ1v) is 4.94. The van der Waals surface area contributed by atoms with Crippen LogP contribution in [0.4, 0.5) is 0 Å². The SMILES string of the molecule is CNCCCN(C)C(C)C(C)C. The fraction of sp³-hybridized carbons (Fsp3) is 1.00. The average molecular weight is 172 g/mol. The monoisotopic (exact) mass is 172 g/mol. The number of nitrogens with zero attached hydrogens (tertiary/aromatic N) is 1. The van der Waals surface area contributed by atoms with Gasteiger partial charge in [0.15, 0.2) is 0 Å². The minimum absolute atomic E-state index is 0.696. The van der Waals surface area contributed by atoms with Gasteiger partial charge < -0.3 is 10.2 Å². The number of rotatable bonds is 6. The second-order valence-corrected chi connectivity index (χ2v) is 3.92. The molecule has 0 rings (SSSR count). The van der Waals surface area contributed by atoms with Crippen LogP contribution in [0.25, 0.3) is 0 Å². The summed E-state index contributed by atoms with van der Waals surface area (Å²) >= 11 is 0. The third kappa shape index (κ3) is 4.73. The van der Waals surface area contributed by atoms with Gasteiger partial charge in [-0.15, -0.1) is 0 Å². The van der Waals surface area contributed by atoms with Crippen molar-refractivity contribution in [2.45, 2.75) is 33.2 Å². The van der Waals surface area contributed by atoms with Crippen LogP contribution in [0, 0.1) is 5.92 Å². The Morgan fingerprint density at radius 1 is 1.25 bits per heavy atom. The molecule has 0 fully saturated rings. The highest BCUT2D eigenvalue weighted by atomic mass is 15.1. The molecule has 0 aromatic carbocycles. The molecule has 74 valence electrons. The van der Waals surface area contributed by atoms with Crippen LogP contribution in [0.3, 0.4) is 0 Å².